The van der Waals surface area contributed by atoms with Gasteiger partial charge >= 0.3 is 5.97 Å². The van der Waals surface area contributed by atoms with E-state index < -0.39 is 11.8 Å². The van der Waals surface area contributed by atoms with Crippen LogP contribution in [0.2, 0.25) is 0 Å². The third-order valence-electron chi connectivity index (χ3n) is 2.63. The Bertz CT molecular complexity index is 569. The summed E-state index contributed by atoms with van der Waals surface area (Å²) < 4.78 is 15.3. The molecule has 0 bridgehead atoms. The summed E-state index contributed by atoms with van der Waals surface area (Å²) in [5, 5.41) is 15.9. The molecule has 0 aliphatic rings. The van der Waals surface area contributed by atoms with Crippen LogP contribution in [0.15, 0.2) is 36.7 Å². The van der Waals surface area contributed by atoms with Gasteiger partial charge in [-0.25, -0.2) is 9.18 Å². The molecule has 0 saturated heterocycles. The van der Waals surface area contributed by atoms with Gasteiger partial charge < -0.3 is 10.4 Å². The number of benzene rings is 1. The number of carbonyl (C=O) groups is 1. The van der Waals surface area contributed by atoms with E-state index in [1.807, 2.05) is 19.2 Å². The average Bonchev–Trinajstić information content (AvgIpc) is 2.81. The molecule has 0 saturated carbocycles. The molecule has 2 N–H and O–H groups in total. The van der Waals surface area contributed by atoms with Gasteiger partial charge in [-0.05, 0) is 31.2 Å². The highest BCUT2D eigenvalue weighted by molar-refractivity contribution is 5.88. The molecular formula is C13H14FN3O2. The molecule has 1 heterocycles. The van der Waals surface area contributed by atoms with Crippen molar-refractivity contribution in [1.82, 2.24) is 9.78 Å². The molecule has 0 aliphatic heterocycles. The van der Waals surface area contributed by atoms with Crippen LogP contribution in [0.4, 0.5) is 10.1 Å². The molecule has 1 aromatic heterocycles. The van der Waals surface area contributed by atoms with E-state index in [0.29, 0.717) is 12.2 Å². The lowest BCUT2D eigenvalue weighted by atomic mass is 10.2. The molecule has 19 heavy (non-hydrogen) atoms. The predicted octanol–water partition coefficient (Wildman–Crippen LogP) is 2.22. The quantitative estimate of drug-likeness (QED) is 0.868. The van der Waals surface area contributed by atoms with Gasteiger partial charge in [-0.2, -0.15) is 5.10 Å². The highest BCUT2D eigenvalue weighted by Gasteiger charge is 2.11. The zero-order chi connectivity index (χ0) is 13.8. The molecule has 0 radical (unpaired) electrons. The Morgan fingerprint density at radius 2 is 2.37 bits per heavy atom. The van der Waals surface area contributed by atoms with Crippen molar-refractivity contribution in [3.05, 3.63) is 48.0 Å². The van der Waals surface area contributed by atoms with Gasteiger partial charge in [0.25, 0.3) is 0 Å². The van der Waals surface area contributed by atoms with Gasteiger partial charge in [-0.3, -0.25) is 4.68 Å². The second-order valence-electron chi connectivity index (χ2n) is 4.27. The summed E-state index contributed by atoms with van der Waals surface area (Å²) in [6, 6.07) is 5.85. The van der Waals surface area contributed by atoms with Crippen molar-refractivity contribution in [3.8, 4) is 0 Å². The van der Waals surface area contributed by atoms with Crippen LogP contribution in [-0.4, -0.2) is 26.9 Å². The van der Waals surface area contributed by atoms with Crippen molar-refractivity contribution in [3.63, 3.8) is 0 Å². The van der Waals surface area contributed by atoms with Gasteiger partial charge in [0.1, 0.15) is 5.82 Å². The Labute approximate surface area is 109 Å². The smallest absolute Gasteiger partial charge is 0.338 e. The van der Waals surface area contributed by atoms with Crippen LogP contribution in [0.3, 0.4) is 0 Å². The fraction of sp³-hybridized carbons (Fsp3) is 0.231. The Morgan fingerprint density at radius 3 is 2.95 bits per heavy atom. The summed E-state index contributed by atoms with van der Waals surface area (Å²) in [5.41, 5.74) is 0.215. The van der Waals surface area contributed by atoms with Crippen molar-refractivity contribution < 1.29 is 14.3 Å². The minimum atomic E-state index is -1.27. The van der Waals surface area contributed by atoms with E-state index in [1.165, 1.54) is 12.1 Å². The standard InChI is InChI=1S/C13H14FN3O2/c1-9(8-17-6-2-5-15-17)16-10-3-4-11(13(18)19)12(14)7-10/h2-7,9,16H,8H2,1H3,(H,18,19). The molecule has 1 aromatic carbocycles. The summed E-state index contributed by atoms with van der Waals surface area (Å²) in [7, 11) is 0. The van der Waals surface area contributed by atoms with Crippen LogP contribution in [0, 0.1) is 5.82 Å². The second-order valence-corrected chi connectivity index (χ2v) is 4.27. The van der Waals surface area contributed by atoms with Crippen LogP contribution in [0.5, 0.6) is 0 Å². The highest BCUT2D eigenvalue weighted by Crippen LogP contribution is 2.15. The van der Waals surface area contributed by atoms with Crippen LogP contribution >= 0.6 is 0 Å². The maximum Gasteiger partial charge on any atom is 0.338 e. The van der Waals surface area contributed by atoms with E-state index >= 15 is 0 Å². The number of nitrogens with zero attached hydrogens (tertiary/aromatic N) is 2. The van der Waals surface area contributed by atoms with Gasteiger partial charge in [0.05, 0.1) is 12.1 Å². The van der Waals surface area contributed by atoms with Crippen molar-refractivity contribution >= 4 is 11.7 Å². The second kappa shape index (κ2) is 5.51. The maximum atomic E-state index is 13.5. The van der Waals surface area contributed by atoms with E-state index in [9.17, 15) is 9.18 Å². The van der Waals surface area contributed by atoms with Crippen molar-refractivity contribution in [2.75, 3.05) is 5.32 Å². The number of nitrogens with one attached hydrogen (secondary N) is 1. The number of hydrogen-bond acceptors (Lipinski definition) is 3. The lowest BCUT2D eigenvalue weighted by molar-refractivity contribution is 0.0692. The fourth-order valence-corrected chi connectivity index (χ4v) is 1.80. The molecule has 2 aromatic rings. The Hall–Kier alpha value is -2.37. The number of aromatic nitrogens is 2. The summed E-state index contributed by atoms with van der Waals surface area (Å²) in [4.78, 5) is 10.7. The van der Waals surface area contributed by atoms with Crippen LogP contribution < -0.4 is 5.32 Å². The molecule has 5 nitrogen and oxygen atoms in total. The number of halogens is 1. The molecule has 0 amide bonds. The van der Waals surface area contributed by atoms with E-state index in [-0.39, 0.29) is 11.6 Å². The van der Waals surface area contributed by atoms with Crippen molar-refractivity contribution in [1.29, 1.82) is 0 Å². The normalized spacial score (nSPS) is 12.1. The third-order valence-corrected chi connectivity index (χ3v) is 2.63. The van der Waals surface area contributed by atoms with Gasteiger partial charge in [0.2, 0.25) is 0 Å². The van der Waals surface area contributed by atoms with Crippen molar-refractivity contribution in [2.24, 2.45) is 0 Å². The highest BCUT2D eigenvalue weighted by atomic mass is 19.1. The minimum absolute atomic E-state index is 0.0370. The number of carboxylic acids is 1. The monoisotopic (exact) mass is 263 g/mol. The number of carboxylic acid groups (broad SMARTS) is 1. The lowest BCUT2D eigenvalue weighted by Crippen LogP contribution is -2.22. The van der Waals surface area contributed by atoms with E-state index in [2.05, 4.69) is 10.4 Å². The Kier molecular flexibility index (Phi) is 3.79. The first-order valence-corrected chi connectivity index (χ1v) is 5.83. The number of hydrogen-bond donors (Lipinski definition) is 2. The predicted molar refractivity (Wildman–Crippen MR) is 68.7 cm³/mol. The SMILES string of the molecule is CC(Cn1cccn1)Nc1ccc(C(=O)O)c(F)c1. The van der Waals surface area contributed by atoms with Crippen LogP contribution in [0.25, 0.3) is 0 Å². The molecule has 0 aliphatic carbocycles. The van der Waals surface area contributed by atoms with Crippen LogP contribution in [0.1, 0.15) is 17.3 Å². The average molecular weight is 263 g/mol. The minimum Gasteiger partial charge on any atom is -0.478 e. The third kappa shape index (κ3) is 3.31. The molecule has 0 spiro atoms. The zero-order valence-electron chi connectivity index (χ0n) is 10.4. The van der Waals surface area contributed by atoms with Gasteiger partial charge in [-0.1, -0.05) is 0 Å². The molecule has 2 rings (SSSR count). The van der Waals surface area contributed by atoms with Crippen LogP contribution in [-0.2, 0) is 6.54 Å². The molecule has 0 fully saturated rings. The van der Waals surface area contributed by atoms with E-state index in [1.54, 1.807) is 16.9 Å². The van der Waals surface area contributed by atoms with Crippen molar-refractivity contribution in [2.45, 2.75) is 19.5 Å². The molecule has 6 heteroatoms. The number of anilines is 1. The summed E-state index contributed by atoms with van der Waals surface area (Å²) in [6.45, 7) is 2.57. The molecule has 1 unspecified atom stereocenters. The Balaban J connectivity index is 2.03. The summed E-state index contributed by atoms with van der Waals surface area (Å²) in [6.07, 6.45) is 3.53. The number of aromatic carboxylic acids is 1. The molecule has 100 valence electrons. The zero-order valence-corrected chi connectivity index (χ0v) is 10.4. The van der Waals surface area contributed by atoms with Gasteiger partial charge in [-0.15, -0.1) is 0 Å². The van der Waals surface area contributed by atoms with Gasteiger partial charge in [0.15, 0.2) is 0 Å². The first-order chi connectivity index (χ1) is 9.06. The Morgan fingerprint density at radius 1 is 1.58 bits per heavy atom. The molecule has 1 atom stereocenters. The first-order valence-electron chi connectivity index (χ1n) is 5.83. The van der Waals surface area contributed by atoms with Gasteiger partial charge in [0, 0.05) is 24.1 Å². The molecular weight excluding hydrogens is 249 g/mol. The summed E-state index contributed by atoms with van der Waals surface area (Å²) >= 11 is 0. The van der Waals surface area contributed by atoms with E-state index in [4.69, 9.17) is 5.11 Å². The number of rotatable bonds is 5. The first kappa shape index (κ1) is 13.1. The van der Waals surface area contributed by atoms with E-state index in [0.717, 1.165) is 0 Å². The lowest BCUT2D eigenvalue weighted by Gasteiger charge is -2.15. The largest absolute Gasteiger partial charge is 0.478 e. The summed E-state index contributed by atoms with van der Waals surface area (Å²) in [5.74, 6) is -2.02. The fourth-order valence-electron chi connectivity index (χ4n) is 1.80. The maximum absolute atomic E-state index is 13.5. The topological polar surface area (TPSA) is 67.2 Å².